The van der Waals surface area contributed by atoms with Gasteiger partial charge in [0.05, 0.1) is 12.5 Å². The van der Waals surface area contributed by atoms with Crippen molar-refractivity contribution in [2.75, 3.05) is 0 Å². The third-order valence-corrected chi connectivity index (χ3v) is 2.32. The summed E-state index contributed by atoms with van der Waals surface area (Å²) in [5, 5.41) is 4.38. The lowest BCUT2D eigenvalue weighted by molar-refractivity contribution is -0.118. The molecule has 0 saturated heterocycles. The molecule has 0 unspecified atom stereocenters. The third kappa shape index (κ3) is 1.67. The van der Waals surface area contributed by atoms with E-state index in [1.165, 1.54) is 21.8 Å². The van der Waals surface area contributed by atoms with E-state index in [9.17, 15) is 9.59 Å². The van der Waals surface area contributed by atoms with Crippen molar-refractivity contribution < 1.29 is 4.79 Å². The molecule has 2 heterocycles. The Hall–Kier alpha value is -2.18. The van der Waals surface area contributed by atoms with Crippen LogP contribution in [0.15, 0.2) is 17.3 Å². The number of hydrogen-bond acceptors (Lipinski definition) is 4. The van der Waals surface area contributed by atoms with Crippen molar-refractivity contribution in [3.8, 4) is 0 Å². The molecule has 2 aromatic heterocycles. The molecule has 16 heavy (non-hydrogen) atoms. The normalized spacial score (nSPS) is 10.8. The van der Waals surface area contributed by atoms with E-state index < -0.39 is 5.91 Å². The smallest absolute Gasteiger partial charge is 0.264 e. The number of nitrogens with zero attached hydrogens (tertiary/aromatic N) is 4. The molecule has 0 aliphatic carbocycles. The Labute approximate surface area is 90.5 Å². The lowest BCUT2D eigenvalue weighted by Gasteiger charge is -2.02. The van der Waals surface area contributed by atoms with Gasteiger partial charge in [-0.3, -0.25) is 18.8 Å². The van der Waals surface area contributed by atoms with Gasteiger partial charge in [0.15, 0.2) is 5.65 Å². The summed E-state index contributed by atoms with van der Waals surface area (Å²) in [5.41, 5.74) is 5.34. The van der Waals surface area contributed by atoms with Crippen LogP contribution in [-0.2, 0) is 18.4 Å². The summed E-state index contributed by atoms with van der Waals surface area (Å²) in [6, 6.07) is 0. The Morgan fingerprint density at radius 1 is 1.56 bits per heavy atom. The van der Waals surface area contributed by atoms with Crippen molar-refractivity contribution in [2.24, 2.45) is 12.8 Å². The minimum Gasteiger partial charge on any atom is -0.370 e. The number of nitrogens with two attached hydrogens (primary N) is 1. The molecular formula is C9H11N5O2. The first-order valence-corrected chi connectivity index (χ1v) is 4.75. The van der Waals surface area contributed by atoms with E-state index in [0.29, 0.717) is 11.0 Å². The molecule has 0 spiro atoms. The standard InChI is InChI=1S/C9H11N5O2/c1-13-8-6(4-12-13)9(16)14(5-11-8)3-2-7(10)15/h4-5H,2-3H2,1H3,(H2,10,15). The fraction of sp³-hybridized carbons (Fsp3) is 0.333. The molecule has 84 valence electrons. The first-order chi connectivity index (χ1) is 7.59. The molecule has 2 rings (SSSR count). The highest BCUT2D eigenvalue weighted by molar-refractivity contribution is 5.74. The minimum absolute atomic E-state index is 0.118. The third-order valence-electron chi connectivity index (χ3n) is 2.32. The van der Waals surface area contributed by atoms with E-state index in [2.05, 4.69) is 10.1 Å². The summed E-state index contributed by atoms with van der Waals surface area (Å²) < 4.78 is 2.88. The fourth-order valence-electron chi connectivity index (χ4n) is 1.46. The average Bonchev–Trinajstić information content (AvgIpc) is 2.60. The molecule has 0 atom stereocenters. The molecule has 1 amide bonds. The van der Waals surface area contributed by atoms with Crippen LogP contribution in [0.3, 0.4) is 0 Å². The van der Waals surface area contributed by atoms with Crippen molar-refractivity contribution in [2.45, 2.75) is 13.0 Å². The number of hydrogen-bond donors (Lipinski definition) is 1. The number of aryl methyl sites for hydroxylation is 2. The predicted octanol–water partition coefficient (Wildman–Crippen LogP) is -0.995. The second-order valence-electron chi connectivity index (χ2n) is 3.46. The number of primary amides is 1. The maximum atomic E-state index is 11.9. The van der Waals surface area contributed by atoms with Crippen LogP contribution in [0, 0.1) is 0 Å². The SMILES string of the molecule is Cn1ncc2c(=O)n(CCC(N)=O)cnc21. The van der Waals surface area contributed by atoms with Gasteiger partial charge in [0, 0.05) is 20.0 Å². The molecule has 0 bridgehead atoms. The summed E-state index contributed by atoms with van der Waals surface area (Å²) in [6.45, 7) is 0.242. The number of carbonyl (C=O) groups is 1. The van der Waals surface area contributed by atoms with E-state index in [1.54, 1.807) is 7.05 Å². The average molecular weight is 221 g/mol. The topological polar surface area (TPSA) is 95.8 Å². The van der Waals surface area contributed by atoms with Crippen LogP contribution in [-0.4, -0.2) is 25.2 Å². The first kappa shape index (κ1) is 10.3. The molecule has 2 aromatic rings. The minimum atomic E-state index is -0.446. The van der Waals surface area contributed by atoms with E-state index >= 15 is 0 Å². The molecule has 0 aromatic carbocycles. The molecule has 0 radical (unpaired) electrons. The molecule has 0 aliphatic heterocycles. The van der Waals surface area contributed by atoms with Gasteiger partial charge < -0.3 is 5.73 Å². The molecular weight excluding hydrogens is 210 g/mol. The maximum Gasteiger partial charge on any atom is 0.264 e. The highest BCUT2D eigenvalue weighted by Crippen LogP contribution is 2.03. The van der Waals surface area contributed by atoms with Crippen LogP contribution in [0.4, 0.5) is 0 Å². The van der Waals surface area contributed by atoms with E-state index in [-0.39, 0.29) is 18.5 Å². The number of aromatic nitrogens is 4. The molecule has 2 N–H and O–H groups in total. The Morgan fingerprint density at radius 2 is 2.31 bits per heavy atom. The molecule has 0 saturated carbocycles. The summed E-state index contributed by atoms with van der Waals surface area (Å²) in [6.07, 6.45) is 2.98. The Kier molecular flexibility index (Phi) is 2.43. The summed E-state index contributed by atoms with van der Waals surface area (Å²) in [4.78, 5) is 26.6. The van der Waals surface area contributed by atoms with Gasteiger partial charge in [-0.1, -0.05) is 0 Å². The predicted molar refractivity (Wildman–Crippen MR) is 56.6 cm³/mol. The van der Waals surface area contributed by atoms with Gasteiger partial charge in [-0.2, -0.15) is 5.10 Å². The van der Waals surface area contributed by atoms with Crippen molar-refractivity contribution in [3.63, 3.8) is 0 Å². The van der Waals surface area contributed by atoms with Crippen LogP contribution >= 0.6 is 0 Å². The fourth-order valence-corrected chi connectivity index (χ4v) is 1.46. The van der Waals surface area contributed by atoms with Gasteiger partial charge in [0.2, 0.25) is 5.91 Å². The highest BCUT2D eigenvalue weighted by atomic mass is 16.1. The van der Waals surface area contributed by atoms with Crippen molar-refractivity contribution in [1.29, 1.82) is 0 Å². The zero-order valence-corrected chi connectivity index (χ0v) is 8.75. The molecule has 0 aliphatic rings. The lowest BCUT2D eigenvalue weighted by Crippen LogP contribution is -2.23. The summed E-state index contributed by atoms with van der Waals surface area (Å²) in [5.74, 6) is -0.446. The van der Waals surface area contributed by atoms with Crippen molar-refractivity contribution >= 4 is 16.9 Å². The van der Waals surface area contributed by atoms with Gasteiger partial charge in [-0.05, 0) is 0 Å². The van der Waals surface area contributed by atoms with Gasteiger partial charge in [-0.25, -0.2) is 4.98 Å². The van der Waals surface area contributed by atoms with Gasteiger partial charge >= 0.3 is 0 Å². The Balaban J connectivity index is 2.45. The quantitative estimate of drug-likeness (QED) is 0.719. The summed E-state index contributed by atoms with van der Waals surface area (Å²) in [7, 11) is 1.71. The lowest BCUT2D eigenvalue weighted by atomic mass is 10.4. The van der Waals surface area contributed by atoms with E-state index in [1.807, 2.05) is 0 Å². The monoisotopic (exact) mass is 221 g/mol. The van der Waals surface area contributed by atoms with Crippen LogP contribution < -0.4 is 11.3 Å². The summed E-state index contributed by atoms with van der Waals surface area (Å²) >= 11 is 0. The molecule has 7 nitrogen and oxygen atoms in total. The van der Waals surface area contributed by atoms with Gasteiger partial charge in [-0.15, -0.1) is 0 Å². The zero-order valence-electron chi connectivity index (χ0n) is 8.75. The zero-order chi connectivity index (χ0) is 11.7. The van der Waals surface area contributed by atoms with Crippen LogP contribution in [0.1, 0.15) is 6.42 Å². The largest absolute Gasteiger partial charge is 0.370 e. The highest BCUT2D eigenvalue weighted by Gasteiger charge is 2.08. The number of amides is 1. The van der Waals surface area contributed by atoms with E-state index in [4.69, 9.17) is 5.73 Å². The maximum absolute atomic E-state index is 11.9. The number of carbonyl (C=O) groups excluding carboxylic acids is 1. The Bertz CT molecular complexity index is 597. The van der Waals surface area contributed by atoms with Crippen LogP contribution in [0.2, 0.25) is 0 Å². The van der Waals surface area contributed by atoms with Crippen LogP contribution in [0.5, 0.6) is 0 Å². The second kappa shape index (κ2) is 3.76. The Morgan fingerprint density at radius 3 is 3.00 bits per heavy atom. The molecule has 0 fully saturated rings. The second-order valence-corrected chi connectivity index (χ2v) is 3.46. The van der Waals surface area contributed by atoms with Crippen molar-refractivity contribution in [1.82, 2.24) is 19.3 Å². The molecule has 7 heteroatoms. The van der Waals surface area contributed by atoms with E-state index in [0.717, 1.165) is 0 Å². The van der Waals surface area contributed by atoms with Gasteiger partial charge in [0.25, 0.3) is 5.56 Å². The number of rotatable bonds is 3. The van der Waals surface area contributed by atoms with Crippen molar-refractivity contribution in [3.05, 3.63) is 22.9 Å². The first-order valence-electron chi connectivity index (χ1n) is 4.75. The van der Waals surface area contributed by atoms with Crippen LogP contribution in [0.25, 0.3) is 11.0 Å². The number of fused-ring (bicyclic) bond motifs is 1. The van der Waals surface area contributed by atoms with Gasteiger partial charge in [0.1, 0.15) is 5.39 Å².